The van der Waals surface area contributed by atoms with Crippen LogP contribution in [-0.4, -0.2) is 55.2 Å². The molecule has 1 aliphatic heterocycles. The summed E-state index contributed by atoms with van der Waals surface area (Å²) in [6.45, 7) is 4.45. The van der Waals surface area contributed by atoms with Gasteiger partial charge in [-0.05, 0) is 55.5 Å². The lowest BCUT2D eigenvalue weighted by atomic mass is 10.1. The molecule has 2 aromatic carbocycles. The quantitative estimate of drug-likeness (QED) is 0.688. The fraction of sp³-hybridized carbons (Fsp3) is 0.286. The molecule has 1 atom stereocenters. The molecule has 1 aliphatic rings. The molecule has 0 aliphatic carbocycles. The number of morpholine rings is 1. The minimum atomic E-state index is -1.11. The summed E-state index contributed by atoms with van der Waals surface area (Å²) >= 11 is 0. The molecule has 8 heteroatoms. The molecular formula is C21H23N3O5. The molecule has 0 saturated carbocycles. The van der Waals surface area contributed by atoms with Gasteiger partial charge in [0.25, 0.3) is 11.8 Å². The van der Waals surface area contributed by atoms with Crippen LogP contribution in [0, 0.1) is 0 Å². The zero-order chi connectivity index (χ0) is 20.8. The Morgan fingerprint density at radius 3 is 2.07 bits per heavy atom. The van der Waals surface area contributed by atoms with Crippen LogP contribution in [0.2, 0.25) is 0 Å². The monoisotopic (exact) mass is 397 g/mol. The zero-order valence-corrected chi connectivity index (χ0v) is 16.1. The molecule has 1 saturated heterocycles. The Hall–Kier alpha value is -3.39. The van der Waals surface area contributed by atoms with Crippen LogP contribution in [0.25, 0.3) is 0 Å². The summed E-state index contributed by atoms with van der Waals surface area (Å²) in [4.78, 5) is 37.5. The van der Waals surface area contributed by atoms with Gasteiger partial charge >= 0.3 is 5.97 Å². The van der Waals surface area contributed by atoms with E-state index < -0.39 is 17.9 Å². The van der Waals surface area contributed by atoms with Gasteiger partial charge in [-0.3, -0.25) is 14.4 Å². The Morgan fingerprint density at radius 2 is 1.48 bits per heavy atom. The van der Waals surface area contributed by atoms with E-state index in [0.29, 0.717) is 30.0 Å². The van der Waals surface area contributed by atoms with E-state index in [2.05, 4.69) is 15.5 Å². The minimum absolute atomic E-state index is 0.254. The maximum absolute atomic E-state index is 12.5. The Morgan fingerprint density at radius 1 is 0.931 bits per heavy atom. The number of carbonyl (C=O) groups excluding carboxylic acids is 2. The van der Waals surface area contributed by atoms with Crippen molar-refractivity contribution < 1.29 is 24.2 Å². The number of carbonyl (C=O) groups is 3. The maximum atomic E-state index is 12.5. The number of ether oxygens (including phenoxy) is 1. The summed E-state index contributed by atoms with van der Waals surface area (Å²) in [5, 5.41) is 14.0. The lowest BCUT2D eigenvalue weighted by Crippen LogP contribution is -2.38. The smallest absolute Gasteiger partial charge is 0.325 e. The third-order valence-corrected chi connectivity index (χ3v) is 4.63. The van der Waals surface area contributed by atoms with Crippen LogP contribution in [0.5, 0.6) is 0 Å². The average Bonchev–Trinajstić information content (AvgIpc) is 2.74. The zero-order valence-electron chi connectivity index (χ0n) is 16.1. The number of nitrogens with zero attached hydrogens (tertiary/aromatic N) is 1. The van der Waals surface area contributed by atoms with Crippen LogP contribution in [0.3, 0.4) is 0 Å². The molecule has 0 aromatic heterocycles. The number of hydrogen-bond donors (Lipinski definition) is 3. The fourth-order valence-corrected chi connectivity index (χ4v) is 2.90. The Bertz CT molecular complexity index is 874. The van der Waals surface area contributed by atoms with E-state index in [1.54, 1.807) is 24.3 Å². The lowest BCUT2D eigenvalue weighted by Gasteiger charge is -2.28. The van der Waals surface area contributed by atoms with E-state index in [1.165, 1.54) is 19.1 Å². The van der Waals surface area contributed by atoms with Crippen molar-refractivity contribution in [2.24, 2.45) is 0 Å². The molecule has 1 fully saturated rings. The van der Waals surface area contributed by atoms with Crippen molar-refractivity contribution in [3.63, 3.8) is 0 Å². The molecule has 3 rings (SSSR count). The third kappa shape index (κ3) is 5.32. The first-order valence-corrected chi connectivity index (χ1v) is 9.32. The summed E-state index contributed by atoms with van der Waals surface area (Å²) in [7, 11) is 0. The molecule has 29 heavy (non-hydrogen) atoms. The van der Waals surface area contributed by atoms with Crippen LogP contribution in [0.4, 0.5) is 11.4 Å². The molecule has 0 spiro atoms. The highest BCUT2D eigenvalue weighted by Crippen LogP contribution is 2.18. The molecule has 3 N–H and O–H groups in total. The van der Waals surface area contributed by atoms with E-state index in [1.807, 2.05) is 12.1 Å². The number of amides is 2. The SMILES string of the molecule is CC(NC(=O)c1ccc(NC(=O)c2ccc(N3CCOCC3)cc2)cc1)C(=O)O. The molecule has 8 nitrogen and oxygen atoms in total. The van der Waals surface area contributed by atoms with Crippen molar-refractivity contribution in [2.75, 3.05) is 36.5 Å². The number of benzene rings is 2. The lowest BCUT2D eigenvalue weighted by molar-refractivity contribution is -0.138. The second-order valence-corrected chi connectivity index (χ2v) is 6.71. The third-order valence-electron chi connectivity index (χ3n) is 4.63. The number of carboxylic acids is 1. The van der Waals surface area contributed by atoms with Crippen LogP contribution in [0.1, 0.15) is 27.6 Å². The standard InChI is InChI=1S/C21H23N3O5/c1-14(21(27)28)22-19(25)15-2-6-17(7-3-15)23-20(26)16-4-8-18(9-5-16)24-10-12-29-13-11-24/h2-9,14H,10-13H2,1H3,(H,22,25)(H,23,26)(H,27,28). The number of carboxylic acid groups (broad SMARTS) is 1. The molecule has 2 aromatic rings. The van der Waals surface area contributed by atoms with E-state index >= 15 is 0 Å². The Balaban J connectivity index is 1.59. The highest BCUT2D eigenvalue weighted by molar-refractivity contribution is 6.04. The van der Waals surface area contributed by atoms with E-state index in [4.69, 9.17) is 9.84 Å². The average molecular weight is 397 g/mol. The topological polar surface area (TPSA) is 108 Å². The van der Waals surface area contributed by atoms with Gasteiger partial charge in [-0.15, -0.1) is 0 Å². The van der Waals surface area contributed by atoms with Gasteiger partial charge < -0.3 is 25.4 Å². The molecule has 152 valence electrons. The van der Waals surface area contributed by atoms with Crippen molar-refractivity contribution >= 4 is 29.2 Å². The summed E-state index contributed by atoms with van der Waals surface area (Å²) in [5.41, 5.74) is 2.43. The highest BCUT2D eigenvalue weighted by atomic mass is 16.5. The van der Waals surface area contributed by atoms with Gasteiger partial charge in [0.1, 0.15) is 6.04 Å². The van der Waals surface area contributed by atoms with Gasteiger partial charge in [0.15, 0.2) is 0 Å². The molecule has 1 unspecified atom stereocenters. The van der Waals surface area contributed by atoms with Crippen LogP contribution in [0.15, 0.2) is 48.5 Å². The molecule has 1 heterocycles. The predicted molar refractivity (Wildman–Crippen MR) is 108 cm³/mol. The van der Waals surface area contributed by atoms with Crippen LogP contribution >= 0.6 is 0 Å². The van der Waals surface area contributed by atoms with E-state index in [0.717, 1.165) is 18.8 Å². The van der Waals surface area contributed by atoms with Crippen molar-refractivity contribution in [1.29, 1.82) is 0 Å². The Kier molecular flexibility index (Phi) is 6.46. The second-order valence-electron chi connectivity index (χ2n) is 6.71. The number of nitrogens with one attached hydrogen (secondary N) is 2. The normalized spacial score (nSPS) is 14.7. The van der Waals surface area contributed by atoms with Crippen molar-refractivity contribution in [3.8, 4) is 0 Å². The molecule has 2 amide bonds. The highest BCUT2D eigenvalue weighted by Gasteiger charge is 2.16. The first-order chi connectivity index (χ1) is 13.9. The summed E-state index contributed by atoms with van der Waals surface area (Å²) in [6, 6.07) is 12.6. The van der Waals surface area contributed by atoms with Gasteiger partial charge in [0.2, 0.25) is 0 Å². The van der Waals surface area contributed by atoms with Crippen molar-refractivity contribution in [1.82, 2.24) is 5.32 Å². The van der Waals surface area contributed by atoms with Gasteiger partial charge in [0.05, 0.1) is 13.2 Å². The van der Waals surface area contributed by atoms with Crippen molar-refractivity contribution in [3.05, 3.63) is 59.7 Å². The number of anilines is 2. The Labute approximate surface area is 168 Å². The van der Waals surface area contributed by atoms with Gasteiger partial charge in [0, 0.05) is 35.6 Å². The van der Waals surface area contributed by atoms with Crippen LogP contribution in [-0.2, 0) is 9.53 Å². The molecule has 0 radical (unpaired) electrons. The number of aliphatic carboxylic acids is 1. The second kappa shape index (κ2) is 9.20. The maximum Gasteiger partial charge on any atom is 0.325 e. The summed E-state index contributed by atoms with van der Waals surface area (Å²) in [6.07, 6.45) is 0. The van der Waals surface area contributed by atoms with Gasteiger partial charge in [-0.2, -0.15) is 0 Å². The minimum Gasteiger partial charge on any atom is -0.480 e. The first kappa shape index (κ1) is 20.3. The van der Waals surface area contributed by atoms with Gasteiger partial charge in [-0.25, -0.2) is 0 Å². The fourth-order valence-electron chi connectivity index (χ4n) is 2.90. The summed E-state index contributed by atoms with van der Waals surface area (Å²) < 4.78 is 5.35. The molecule has 0 bridgehead atoms. The van der Waals surface area contributed by atoms with Crippen LogP contribution < -0.4 is 15.5 Å². The van der Waals surface area contributed by atoms with E-state index in [9.17, 15) is 14.4 Å². The summed E-state index contributed by atoms with van der Waals surface area (Å²) in [5.74, 6) is -1.85. The predicted octanol–water partition coefficient (Wildman–Crippen LogP) is 1.98. The van der Waals surface area contributed by atoms with Crippen molar-refractivity contribution in [2.45, 2.75) is 13.0 Å². The van der Waals surface area contributed by atoms with Gasteiger partial charge in [-0.1, -0.05) is 0 Å². The molecular weight excluding hydrogens is 374 g/mol. The number of rotatable bonds is 6. The van der Waals surface area contributed by atoms with E-state index in [-0.39, 0.29) is 5.91 Å². The largest absolute Gasteiger partial charge is 0.480 e. The first-order valence-electron chi connectivity index (χ1n) is 9.32. The number of hydrogen-bond acceptors (Lipinski definition) is 5.